The summed E-state index contributed by atoms with van der Waals surface area (Å²) < 4.78 is 5.69. The molecule has 1 amide bonds. The van der Waals surface area contributed by atoms with Crippen molar-refractivity contribution in [1.82, 2.24) is 15.5 Å². The zero-order chi connectivity index (χ0) is 21.2. The highest BCUT2D eigenvalue weighted by molar-refractivity contribution is 14.0. The molecule has 0 aromatic heterocycles. The van der Waals surface area contributed by atoms with Gasteiger partial charge in [0.1, 0.15) is 12.4 Å². The number of hydrogen-bond acceptors (Lipinski definition) is 3. The summed E-state index contributed by atoms with van der Waals surface area (Å²) >= 11 is 0. The Balaban J connectivity index is 0.00000341. The monoisotopic (exact) mass is 534 g/mol. The van der Waals surface area contributed by atoms with Crippen molar-refractivity contribution in [1.29, 1.82) is 0 Å². The summed E-state index contributed by atoms with van der Waals surface area (Å²) in [6, 6.07) is 16.1. The Morgan fingerprint density at radius 3 is 2.48 bits per heavy atom. The summed E-state index contributed by atoms with van der Waals surface area (Å²) in [5, 5.41) is 6.57. The van der Waals surface area contributed by atoms with Gasteiger partial charge in [0.15, 0.2) is 5.96 Å². The van der Waals surface area contributed by atoms with Crippen LogP contribution in [0.2, 0.25) is 0 Å². The lowest BCUT2D eigenvalue weighted by atomic mass is 10.1. The summed E-state index contributed by atoms with van der Waals surface area (Å²) in [6.07, 6.45) is 3.01. The van der Waals surface area contributed by atoms with Crippen molar-refractivity contribution in [2.24, 2.45) is 4.99 Å². The van der Waals surface area contributed by atoms with E-state index in [2.05, 4.69) is 34.3 Å². The second kappa shape index (κ2) is 13.0. The minimum absolute atomic E-state index is 0. The van der Waals surface area contributed by atoms with Gasteiger partial charge in [-0.15, -0.1) is 24.0 Å². The fraction of sp³-hybridized carbons (Fsp3) is 0.333. The van der Waals surface area contributed by atoms with Crippen molar-refractivity contribution < 1.29 is 9.53 Å². The molecule has 0 atom stereocenters. The van der Waals surface area contributed by atoms with Gasteiger partial charge >= 0.3 is 0 Å². The number of aliphatic imine (C=N–C) groups is 1. The predicted octanol–water partition coefficient (Wildman–Crippen LogP) is 3.86. The van der Waals surface area contributed by atoms with Crippen molar-refractivity contribution in [2.45, 2.75) is 32.5 Å². The Bertz CT molecular complexity index is 876. The van der Waals surface area contributed by atoms with E-state index >= 15 is 0 Å². The molecule has 2 N–H and O–H groups in total. The number of fused-ring (bicyclic) bond motifs is 1. The minimum atomic E-state index is 0. The number of guanidine groups is 1. The molecule has 166 valence electrons. The van der Waals surface area contributed by atoms with Crippen LogP contribution in [0.25, 0.3) is 0 Å². The smallest absolute Gasteiger partial charge is 0.223 e. The maximum absolute atomic E-state index is 12.5. The number of para-hydroxylation sites is 1. The number of nitrogens with one attached hydrogen (secondary N) is 2. The van der Waals surface area contributed by atoms with Gasteiger partial charge in [-0.05, 0) is 23.6 Å². The number of rotatable bonds is 9. The quantitative estimate of drug-likeness (QED) is 0.169. The molecule has 0 unspecified atom stereocenters. The summed E-state index contributed by atoms with van der Waals surface area (Å²) in [5.74, 6) is 1.73. The first-order chi connectivity index (χ1) is 14.7. The van der Waals surface area contributed by atoms with Crippen LogP contribution >= 0.6 is 24.0 Å². The fourth-order valence-electron chi connectivity index (χ4n) is 3.45. The zero-order valence-electron chi connectivity index (χ0n) is 18.0. The highest BCUT2D eigenvalue weighted by Crippen LogP contribution is 2.23. The van der Waals surface area contributed by atoms with Crippen LogP contribution in [-0.2, 0) is 24.4 Å². The van der Waals surface area contributed by atoms with Gasteiger partial charge in [-0.1, -0.05) is 55.1 Å². The molecule has 0 radical (unpaired) electrons. The lowest BCUT2D eigenvalue weighted by Gasteiger charge is -2.16. The molecule has 0 spiro atoms. The van der Waals surface area contributed by atoms with Gasteiger partial charge in [0.25, 0.3) is 0 Å². The summed E-state index contributed by atoms with van der Waals surface area (Å²) in [7, 11) is 1.74. The van der Waals surface area contributed by atoms with E-state index in [1.54, 1.807) is 13.1 Å². The normalized spacial score (nSPS) is 12.5. The van der Waals surface area contributed by atoms with E-state index in [0.717, 1.165) is 30.8 Å². The van der Waals surface area contributed by atoms with E-state index in [1.165, 1.54) is 11.1 Å². The van der Waals surface area contributed by atoms with Gasteiger partial charge in [0.05, 0.1) is 0 Å². The zero-order valence-corrected chi connectivity index (χ0v) is 20.3. The molecule has 0 saturated heterocycles. The molecule has 31 heavy (non-hydrogen) atoms. The van der Waals surface area contributed by atoms with Crippen molar-refractivity contribution in [3.63, 3.8) is 0 Å². The van der Waals surface area contributed by atoms with Gasteiger partial charge < -0.3 is 20.3 Å². The number of ether oxygens (including phenoxy) is 1. The average Bonchev–Trinajstić information content (AvgIpc) is 3.22. The number of hydrogen-bond donors (Lipinski definition) is 2. The fourth-order valence-corrected chi connectivity index (χ4v) is 3.45. The average molecular weight is 534 g/mol. The van der Waals surface area contributed by atoms with Crippen molar-refractivity contribution in [3.05, 3.63) is 77.9 Å². The molecule has 1 aliphatic rings. The second-order valence-corrected chi connectivity index (χ2v) is 7.18. The lowest BCUT2D eigenvalue weighted by Crippen LogP contribution is -2.37. The third-order valence-corrected chi connectivity index (χ3v) is 5.05. The molecule has 3 rings (SSSR count). The lowest BCUT2D eigenvalue weighted by molar-refractivity contribution is -0.131. The molecule has 2 aromatic rings. The standard InChI is InChI=1S/C24H30N4O2.HI/c1-3-15-30-22-12-7-6-9-19(22)16-27-24(25-2)26-14-8-13-23(29)28-17-20-10-4-5-11-21(20)18-28;/h3-7,9-12H,1,8,13-18H2,2H3,(H2,25,26,27);1H. The maximum Gasteiger partial charge on any atom is 0.223 e. The number of carbonyl (C=O) groups is 1. The third kappa shape index (κ3) is 7.27. The summed E-state index contributed by atoms with van der Waals surface area (Å²) in [5.41, 5.74) is 3.56. The van der Waals surface area contributed by atoms with E-state index in [-0.39, 0.29) is 29.9 Å². The number of halogens is 1. The van der Waals surface area contributed by atoms with Gasteiger partial charge in [0, 0.05) is 45.2 Å². The Morgan fingerprint density at radius 2 is 1.81 bits per heavy atom. The Labute approximate surface area is 201 Å². The molecular formula is C24H31IN4O2. The third-order valence-electron chi connectivity index (χ3n) is 5.05. The number of nitrogens with zero attached hydrogens (tertiary/aromatic N) is 2. The number of benzene rings is 2. The Morgan fingerprint density at radius 1 is 1.13 bits per heavy atom. The Hall–Kier alpha value is -2.55. The highest BCUT2D eigenvalue weighted by Gasteiger charge is 2.22. The van der Waals surface area contributed by atoms with Crippen LogP contribution in [0.4, 0.5) is 0 Å². The van der Waals surface area contributed by atoms with E-state index in [1.807, 2.05) is 41.3 Å². The number of carbonyl (C=O) groups excluding carboxylic acids is 1. The van der Waals surface area contributed by atoms with Crippen LogP contribution in [-0.4, -0.2) is 37.0 Å². The molecule has 0 saturated carbocycles. The first kappa shape index (κ1) is 24.7. The summed E-state index contributed by atoms with van der Waals surface area (Å²) in [6.45, 7) is 6.88. The van der Waals surface area contributed by atoms with E-state index in [0.29, 0.717) is 32.1 Å². The molecule has 0 fully saturated rings. The van der Waals surface area contributed by atoms with Crippen LogP contribution in [0, 0.1) is 0 Å². The molecule has 0 aliphatic carbocycles. The van der Waals surface area contributed by atoms with Crippen LogP contribution in [0.5, 0.6) is 5.75 Å². The first-order valence-corrected chi connectivity index (χ1v) is 10.3. The molecule has 6 nitrogen and oxygen atoms in total. The largest absolute Gasteiger partial charge is 0.489 e. The van der Waals surface area contributed by atoms with Crippen molar-refractivity contribution in [2.75, 3.05) is 20.2 Å². The van der Waals surface area contributed by atoms with Gasteiger partial charge in [-0.2, -0.15) is 0 Å². The van der Waals surface area contributed by atoms with Gasteiger partial charge in [-0.25, -0.2) is 0 Å². The number of amides is 1. The van der Waals surface area contributed by atoms with E-state index in [4.69, 9.17) is 4.74 Å². The molecule has 0 bridgehead atoms. The SMILES string of the molecule is C=CCOc1ccccc1CNC(=NC)NCCCC(=O)N1Cc2ccccc2C1.I. The van der Waals surface area contributed by atoms with Gasteiger partial charge in [0.2, 0.25) is 5.91 Å². The maximum atomic E-state index is 12.5. The van der Waals surface area contributed by atoms with Crippen LogP contribution < -0.4 is 15.4 Å². The van der Waals surface area contributed by atoms with Crippen LogP contribution in [0.15, 0.2) is 66.2 Å². The van der Waals surface area contributed by atoms with Crippen molar-refractivity contribution in [3.8, 4) is 5.75 Å². The van der Waals surface area contributed by atoms with Gasteiger partial charge in [-0.3, -0.25) is 9.79 Å². The van der Waals surface area contributed by atoms with Crippen LogP contribution in [0.3, 0.4) is 0 Å². The molecule has 1 heterocycles. The molecular weight excluding hydrogens is 503 g/mol. The summed E-state index contributed by atoms with van der Waals surface area (Å²) in [4.78, 5) is 18.7. The topological polar surface area (TPSA) is 66.0 Å². The van der Waals surface area contributed by atoms with E-state index < -0.39 is 0 Å². The predicted molar refractivity (Wildman–Crippen MR) is 136 cm³/mol. The van der Waals surface area contributed by atoms with E-state index in [9.17, 15) is 4.79 Å². The second-order valence-electron chi connectivity index (χ2n) is 7.18. The highest BCUT2D eigenvalue weighted by atomic mass is 127. The molecule has 2 aromatic carbocycles. The van der Waals surface area contributed by atoms with Crippen LogP contribution in [0.1, 0.15) is 29.5 Å². The van der Waals surface area contributed by atoms with Crippen molar-refractivity contribution >= 4 is 35.8 Å². The minimum Gasteiger partial charge on any atom is -0.489 e. The Kier molecular flexibility index (Phi) is 10.4. The molecule has 7 heteroatoms. The first-order valence-electron chi connectivity index (χ1n) is 10.3. The molecule has 1 aliphatic heterocycles.